The molecule has 2 N–H and O–H groups in total. The van der Waals surface area contributed by atoms with Gasteiger partial charge >= 0.3 is 5.82 Å². The molecule has 2 aromatic rings. The average molecular weight is 246 g/mol. The fourth-order valence-electron chi connectivity index (χ4n) is 1.47. The molecule has 7 heteroatoms. The Morgan fingerprint density at radius 1 is 1.39 bits per heavy atom. The number of nitro groups is 1. The average Bonchev–Trinajstić information content (AvgIpc) is 2.78. The van der Waals surface area contributed by atoms with Crippen LogP contribution < -0.4 is 5.32 Å². The molecule has 0 aliphatic carbocycles. The van der Waals surface area contributed by atoms with Crippen molar-refractivity contribution in [2.45, 2.75) is 6.92 Å². The number of amides is 1. The number of aromatic nitrogens is 2. The smallest absolute Gasteiger partial charge is 0.340 e. The Bertz CT molecular complexity index is 589. The first kappa shape index (κ1) is 11.8. The third-order valence-electron chi connectivity index (χ3n) is 2.24. The molecule has 0 radical (unpaired) electrons. The van der Waals surface area contributed by atoms with Crippen LogP contribution in [-0.4, -0.2) is 20.8 Å². The molecule has 0 fully saturated rings. The zero-order chi connectivity index (χ0) is 13.1. The van der Waals surface area contributed by atoms with Gasteiger partial charge in [-0.25, -0.2) is 9.97 Å². The summed E-state index contributed by atoms with van der Waals surface area (Å²) in [6.07, 6.45) is 1.16. The molecular weight excluding hydrogens is 236 g/mol. The number of rotatable bonds is 3. The first-order valence-corrected chi connectivity index (χ1v) is 5.13. The molecule has 0 spiro atoms. The number of benzene rings is 1. The molecule has 0 atom stereocenters. The van der Waals surface area contributed by atoms with Crippen molar-refractivity contribution in [2.75, 3.05) is 5.32 Å². The van der Waals surface area contributed by atoms with Gasteiger partial charge in [0.25, 0.3) is 0 Å². The lowest BCUT2D eigenvalue weighted by Gasteiger charge is -2.01. The summed E-state index contributed by atoms with van der Waals surface area (Å²) >= 11 is 0. The van der Waals surface area contributed by atoms with Gasteiger partial charge in [0.2, 0.25) is 11.7 Å². The van der Waals surface area contributed by atoms with E-state index in [1.165, 1.54) is 6.92 Å². The largest absolute Gasteiger partial charge is 0.358 e. The summed E-state index contributed by atoms with van der Waals surface area (Å²) in [5.41, 5.74) is 1.37. The molecule has 1 aromatic carbocycles. The molecule has 18 heavy (non-hydrogen) atoms. The van der Waals surface area contributed by atoms with Crippen molar-refractivity contribution >= 4 is 17.4 Å². The molecular formula is C11H10N4O3. The second-order valence-electron chi connectivity index (χ2n) is 3.63. The summed E-state index contributed by atoms with van der Waals surface area (Å²) in [6, 6.07) is 6.83. The van der Waals surface area contributed by atoms with E-state index < -0.39 is 4.92 Å². The van der Waals surface area contributed by atoms with Gasteiger partial charge in [0.05, 0.1) is 0 Å². The number of anilines is 1. The van der Waals surface area contributed by atoms with Gasteiger partial charge in [0.1, 0.15) is 6.20 Å². The van der Waals surface area contributed by atoms with Crippen molar-refractivity contribution in [2.24, 2.45) is 0 Å². The fraction of sp³-hybridized carbons (Fsp3) is 0.0909. The minimum atomic E-state index is -0.540. The molecule has 0 bridgehead atoms. The van der Waals surface area contributed by atoms with Gasteiger partial charge in [0.15, 0.2) is 0 Å². The summed E-state index contributed by atoms with van der Waals surface area (Å²) in [7, 11) is 0. The number of nitrogens with zero attached hydrogens (tertiary/aromatic N) is 2. The van der Waals surface area contributed by atoms with Gasteiger partial charge in [-0.05, 0) is 29.2 Å². The van der Waals surface area contributed by atoms with Gasteiger partial charge in [0, 0.05) is 18.2 Å². The van der Waals surface area contributed by atoms with E-state index in [1.807, 2.05) is 0 Å². The molecule has 0 saturated heterocycles. The Balaban J connectivity index is 2.22. The molecule has 7 nitrogen and oxygen atoms in total. The summed E-state index contributed by atoms with van der Waals surface area (Å²) in [4.78, 5) is 27.3. The van der Waals surface area contributed by atoms with Gasteiger partial charge in [-0.3, -0.25) is 4.79 Å². The SMILES string of the molecule is CC(=O)Nc1ccc(-c2ncc([N+](=O)[O-])[nH]2)cc1. The summed E-state index contributed by atoms with van der Waals surface area (Å²) in [5.74, 6) is 0.100. The molecule has 2 rings (SSSR count). The van der Waals surface area contributed by atoms with Gasteiger partial charge in [-0.15, -0.1) is 0 Å². The van der Waals surface area contributed by atoms with Crippen LogP contribution in [0.3, 0.4) is 0 Å². The second-order valence-corrected chi connectivity index (χ2v) is 3.63. The van der Waals surface area contributed by atoms with Crippen LogP contribution in [0.25, 0.3) is 11.4 Å². The van der Waals surface area contributed by atoms with E-state index in [1.54, 1.807) is 24.3 Å². The molecule has 0 aliphatic heterocycles. The minimum absolute atomic E-state index is 0.156. The third kappa shape index (κ3) is 2.51. The summed E-state index contributed by atoms with van der Waals surface area (Å²) in [6.45, 7) is 1.42. The molecule has 0 aliphatic rings. The third-order valence-corrected chi connectivity index (χ3v) is 2.24. The maximum absolute atomic E-state index is 10.8. The number of H-pyrrole nitrogens is 1. The van der Waals surface area contributed by atoms with Crippen LogP contribution >= 0.6 is 0 Å². The van der Waals surface area contributed by atoms with E-state index in [-0.39, 0.29) is 11.7 Å². The lowest BCUT2D eigenvalue weighted by Crippen LogP contribution is -2.05. The minimum Gasteiger partial charge on any atom is -0.358 e. The topological polar surface area (TPSA) is 101 Å². The molecule has 1 amide bonds. The van der Waals surface area contributed by atoms with Crippen LogP contribution in [0.4, 0.5) is 11.5 Å². The van der Waals surface area contributed by atoms with Crippen LogP contribution in [-0.2, 0) is 4.79 Å². The van der Waals surface area contributed by atoms with Gasteiger partial charge in [-0.2, -0.15) is 0 Å². The summed E-state index contributed by atoms with van der Waals surface area (Å²) < 4.78 is 0. The Morgan fingerprint density at radius 2 is 2.06 bits per heavy atom. The second kappa shape index (κ2) is 4.66. The molecule has 1 heterocycles. The van der Waals surface area contributed by atoms with Crippen molar-refractivity contribution in [3.05, 3.63) is 40.6 Å². The number of nitrogens with one attached hydrogen (secondary N) is 2. The molecule has 0 saturated carbocycles. The number of carbonyl (C=O) groups is 1. The Labute approximate surface area is 102 Å². The zero-order valence-electron chi connectivity index (χ0n) is 9.51. The Kier molecular flexibility index (Phi) is 3.05. The molecule has 92 valence electrons. The van der Waals surface area contributed by atoms with E-state index in [4.69, 9.17) is 0 Å². The van der Waals surface area contributed by atoms with E-state index in [2.05, 4.69) is 15.3 Å². The summed E-state index contributed by atoms with van der Waals surface area (Å²) in [5, 5.41) is 13.1. The predicted molar refractivity (Wildman–Crippen MR) is 65.0 cm³/mol. The zero-order valence-corrected chi connectivity index (χ0v) is 9.51. The van der Waals surface area contributed by atoms with E-state index in [0.717, 1.165) is 6.20 Å². The van der Waals surface area contributed by atoms with Crippen LogP contribution in [0.5, 0.6) is 0 Å². The Morgan fingerprint density at radius 3 is 2.56 bits per heavy atom. The van der Waals surface area contributed by atoms with Crippen molar-refractivity contribution in [1.29, 1.82) is 0 Å². The van der Waals surface area contributed by atoms with Crippen molar-refractivity contribution < 1.29 is 9.72 Å². The number of hydrogen-bond donors (Lipinski definition) is 2. The highest BCUT2D eigenvalue weighted by molar-refractivity contribution is 5.88. The van der Waals surface area contributed by atoms with E-state index in [0.29, 0.717) is 17.1 Å². The lowest BCUT2D eigenvalue weighted by atomic mass is 10.2. The normalized spacial score (nSPS) is 10.1. The highest BCUT2D eigenvalue weighted by atomic mass is 16.6. The van der Waals surface area contributed by atoms with E-state index >= 15 is 0 Å². The first-order chi connectivity index (χ1) is 8.56. The number of aromatic amines is 1. The Hall–Kier alpha value is -2.70. The first-order valence-electron chi connectivity index (χ1n) is 5.13. The van der Waals surface area contributed by atoms with Crippen LogP contribution in [0.1, 0.15) is 6.92 Å². The number of carbonyl (C=O) groups excluding carboxylic acids is 1. The van der Waals surface area contributed by atoms with Crippen molar-refractivity contribution in [1.82, 2.24) is 9.97 Å². The van der Waals surface area contributed by atoms with Crippen LogP contribution in [0.2, 0.25) is 0 Å². The predicted octanol–water partition coefficient (Wildman–Crippen LogP) is 1.94. The maximum Gasteiger partial charge on any atom is 0.340 e. The van der Waals surface area contributed by atoms with E-state index in [9.17, 15) is 14.9 Å². The number of imidazole rings is 1. The van der Waals surface area contributed by atoms with Crippen molar-refractivity contribution in [3.63, 3.8) is 0 Å². The molecule has 1 aromatic heterocycles. The lowest BCUT2D eigenvalue weighted by molar-refractivity contribution is -0.389. The van der Waals surface area contributed by atoms with Crippen LogP contribution in [0, 0.1) is 10.1 Å². The van der Waals surface area contributed by atoms with Gasteiger partial charge in [-0.1, -0.05) is 0 Å². The highest BCUT2D eigenvalue weighted by Crippen LogP contribution is 2.20. The highest BCUT2D eigenvalue weighted by Gasteiger charge is 2.11. The fourth-order valence-corrected chi connectivity index (χ4v) is 1.47. The van der Waals surface area contributed by atoms with Crippen LogP contribution in [0.15, 0.2) is 30.5 Å². The quantitative estimate of drug-likeness (QED) is 0.638. The van der Waals surface area contributed by atoms with Gasteiger partial charge < -0.3 is 15.4 Å². The number of hydrogen-bond acceptors (Lipinski definition) is 4. The van der Waals surface area contributed by atoms with Crippen molar-refractivity contribution in [3.8, 4) is 11.4 Å². The monoisotopic (exact) mass is 246 g/mol. The standard InChI is InChI=1S/C11H10N4O3/c1-7(16)13-9-4-2-8(3-5-9)11-12-6-10(14-11)15(17)18/h2-6H,1H3,(H,12,14)(H,13,16). The maximum atomic E-state index is 10.8. The molecule has 0 unspecified atom stereocenters.